The highest BCUT2D eigenvalue weighted by molar-refractivity contribution is 5.94. The Labute approximate surface area is 104 Å². The average Bonchev–Trinajstić information content (AvgIpc) is 2.46. The number of amidine groups is 1. The average molecular weight is 250 g/mol. The maximum absolute atomic E-state index is 12.2. The van der Waals surface area contributed by atoms with Gasteiger partial charge in [0, 0.05) is 24.5 Å². The van der Waals surface area contributed by atoms with Gasteiger partial charge in [0.2, 0.25) is 0 Å². The van der Waals surface area contributed by atoms with Crippen molar-refractivity contribution < 1.29 is 14.7 Å². The van der Waals surface area contributed by atoms with E-state index in [0.717, 1.165) is 0 Å². The number of aromatic nitrogens is 1. The van der Waals surface area contributed by atoms with E-state index in [1.807, 2.05) is 0 Å². The van der Waals surface area contributed by atoms with Crippen LogP contribution in [0, 0.1) is 0 Å². The summed E-state index contributed by atoms with van der Waals surface area (Å²) in [5.74, 6) is -0.140. The summed E-state index contributed by atoms with van der Waals surface area (Å²) in [5, 5.41) is 11.5. The van der Waals surface area contributed by atoms with Crippen LogP contribution in [0.15, 0.2) is 29.7 Å². The summed E-state index contributed by atoms with van der Waals surface area (Å²) >= 11 is 0. The normalized spacial score (nSPS) is 20.8. The molecule has 1 aliphatic heterocycles. The number of morpholine rings is 1. The molecular formula is C11H14N4O3. The topological polar surface area (TPSA) is 101 Å². The number of carbonyl (C=O) groups is 1. The summed E-state index contributed by atoms with van der Waals surface area (Å²) in [4.78, 5) is 17.6. The van der Waals surface area contributed by atoms with Gasteiger partial charge < -0.3 is 20.6 Å². The van der Waals surface area contributed by atoms with Crippen molar-refractivity contribution in [2.45, 2.75) is 6.10 Å². The number of amides is 1. The minimum atomic E-state index is -0.561. The second kappa shape index (κ2) is 5.46. The lowest BCUT2D eigenvalue weighted by Gasteiger charge is -2.32. The summed E-state index contributed by atoms with van der Waals surface area (Å²) in [5.41, 5.74) is 6.04. The Morgan fingerprint density at radius 3 is 2.94 bits per heavy atom. The van der Waals surface area contributed by atoms with E-state index in [-0.39, 0.29) is 18.3 Å². The number of oxime groups is 1. The molecule has 0 bridgehead atoms. The summed E-state index contributed by atoms with van der Waals surface area (Å²) in [6.07, 6.45) is 2.57. The fourth-order valence-corrected chi connectivity index (χ4v) is 1.75. The Morgan fingerprint density at radius 1 is 1.56 bits per heavy atom. The molecule has 18 heavy (non-hydrogen) atoms. The lowest BCUT2D eigenvalue weighted by atomic mass is 10.2. The van der Waals surface area contributed by atoms with E-state index in [2.05, 4.69) is 10.1 Å². The molecule has 7 nitrogen and oxygen atoms in total. The molecule has 96 valence electrons. The third-order valence-corrected chi connectivity index (χ3v) is 2.73. The molecule has 0 aliphatic carbocycles. The van der Waals surface area contributed by atoms with Crippen molar-refractivity contribution in [2.24, 2.45) is 10.9 Å². The first-order valence-corrected chi connectivity index (χ1v) is 5.50. The van der Waals surface area contributed by atoms with Crippen LogP contribution in [-0.2, 0) is 4.74 Å². The van der Waals surface area contributed by atoms with Gasteiger partial charge in [0.15, 0.2) is 5.84 Å². The third kappa shape index (κ3) is 2.57. The molecule has 7 heteroatoms. The number of nitrogens with two attached hydrogens (primary N) is 1. The second-order valence-corrected chi connectivity index (χ2v) is 3.87. The van der Waals surface area contributed by atoms with Crippen LogP contribution in [0.25, 0.3) is 0 Å². The lowest BCUT2D eigenvalue weighted by Crippen LogP contribution is -2.50. The van der Waals surface area contributed by atoms with Gasteiger partial charge in [-0.05, 0) is 12.1 Å². The van der Waals surface area contributed by atoms with Gasteiger partial charge >= 0.3 is 0 Å². The first-order chi connectivity index (χ1) is 8.72. The number of carbonyl (C=O) groups excluding carboxylic acids is 1. The van der Waals surface area contributed by atoms with E-state index in [4.69, 9.17) is 15.7 Å². The quantitative estimate of drug-likeness (QED) is 0.324. The maximum atomic E-state index is 12.2. The van der Waals surface area contributed by atoms with Gasteiger partial charge in [0.05, 0.1) is 13.2 Å². The van der Waals surface area contributed by atoms with Crippen LogP contribution >= 0.6 is 0 Å². The Balaban J connectivity index is 2.08. The van der Waals surface area contributed by atoms with Crippen LogP contribution in [0.2, 0.25) is 0 Å². The molecule has 2 heterocycles. The molecule has 1 aromatic heterocycles. The predicted molar refractivity (Wildman–Crippen MR) is 63.3 cm³/mol. The second-order valence-electron chi connectivity index (χ2n) is 3.87. The van der Waals surface area contributed by atoms with Crippen molar-refractivity contribution in [2.75, 3.05) is 19.7 Å². The molecule has 0 radical (unpaired) electrons. The van der Waals surface area contributed by atoms with E-state index < -0.39 is 6.10 Å². The summed E-state index contributed by atoms with van der Waals surface area (Å²) in [6, 6.07) is 3.30. The lowest BCUT2D eigenvalue weighted by molar-refractivity contribution is 0.00675. The largest absolute Gasteiger partial charge is 0.409 e. The maximum Gasteiger partial charge on any atom is 0.254 e. The highest BCUT2D eigenvalue weighted by atomic mass is 16.5. The number of nitrogens with zero attached hydrogens (tertiary/aromatic N) is 3. The molecule has 0 saturated carbocycles. The molecule has 1 saturated heterocycles. The van der Waals surface area contributed by atoms with Gasteiger partial charge in [-0.1, -0.05) is 5.16 Å². The van der Waals surface area contributed by atoms with Crippen LogP contribution in [0.1, 0.15) is 10.4 Å². The molecule has 0 aromatic carbocycles. The molecule has 3 N–H and O–H groups in total. The molecular weight excluding hydrogens is 236 g/mol. The molecule has 1 atom stereocenters. The summed E-state index contributed by atoms with van der Waals surface area (Å²) in [7, 11) is 0. The van der Waals surface area contributed by atoms with Gasteiger partial charge in [-0.3, -0.25) is 9.78 Å². The number of hydrogen-bond acceptors (Lipinski definition) is 5. The number of ether oxygens (including phenoxy) is 1. The zero-order chi connectivity index (χ0) is 13.0. The minimum absolute atomic E-state index is 0.0257. The van der Waals surface area contributed by atoms with E-state index in [0.29, 0.717) is 18.7 Å². The Bertz CT molecular complexity index is 449. The fourth-order valence-electron chi connectivity index (χ4n) is 1.75. The highest BCUT2D eigenvalue weighted by Crippen LogP contribution is 2.10. The van der Waals surface area contributed by atoms with Crippen LogP contribution in [0.4, 0.5) is 0 Å². The monoisotopic (exact) mass is 250 g/mol. The van der Waals surface area contributed by atoms with Gasteiger partial charge in [0.1, 0.15) is 6.10 Å². The Morgan fingerprint density at radius 2 is 2.28 bits per heavy atom. The molecule has 1 aromatic rings. The molecule has 1 aliphatic rings. The zero-order valence-corrected chi connectivity index (χ0v) is 9.69. The number of pyridine rings is 1. The van der Waals surface area contributed by atoms with E-state index in [9.17, 15) is 4.79 Å². The first-order valence-electron chi connectivity index (χ1n) is 5.50. The predicted octanol–water partition coefficient (Wildman–Crippen LogP) is -0.331. The summed E-state index contributed by atoms with van der Waals surface area (Å²) in [6.45, 7) is 1.12. The standard InChI is InChI=1S/C11H14N4O3/c12-10(14-17)9-7-15(5-6-18-9)11(16)8-1-3-13-4-2-8/h1-4,9,17H,5-7H2,(H2,12,14). The smallest absolute Gasteiger partial charge is 0.254 e. The number of rotatable bonds is 2. The van der Waals surface area contributed by atoms with Crippen molar-refractivity contribution in [1.29, 1.82) is 0 Å². The van der Waals surface area contributed by atoms with Crippen LogP contribution in [0.5, 0.6) is 0 Å². The Kier molecular flexibility index (Phi) is 3.73. The van der Waals surface area contributed by atoms with Crippen molar-refractivity contribution in [3.05, 3.63) is 30.1 Å². The molecule has 2 rings (SSSR count). The van der Waals surface area contributed by atoms with Crippen molar-refractivity contribution in [3.63, 3.8) is 0 Å². The highest BCUT2D eigenvalue weighted by Gasteiger charge is 2.27. The van der Waals surface area contributed by atoms with Gasteiger partial charge in [-0.15, -0.1) is 0 Å². The Hall–Kier alpha value is -2.15. The van der Waals surface area contributed by atoms with E-state index in [1.54, 1.807) is 29.4 Å². The number of hydrogen-bond donors (Lipinski definition) is 2. The molecule has 1 amide bonds. The van der Waals surface area contributed by atoms with Gasteiger partial charge in [-0.25, -0.2) is 0 Å². The van der Waals surface area contributed by atoms with Gasteiger partial charge in [-0.2, -0.15) is 0 Å². The van der Waals surface area contributed by atoms with Crippen molar-refractivity contribution >= 4 is 11.7 Å². The fraction of sp³-hybridized carbons (Fsp3) is 0.364. The van der Waals surface area contributed by atoms with Crippen molar-refractivity contribution in [1.82, 2.24) is 9.88 Å². The third-order valence-electron chi connectivity index (χ3n) is 2.73. The first kappa shape index (κ1) is 12.3. The molecule has 1 unspecified atom stereocenters. The zero-order valence-electron chi connectivity index (χ0n) is 9.69. The SMILES string of the molecule is NC(=NO)C1CN(C(=O)c2ccncc2)CCO1. The molecule has 1 fully saturated rings. The van der Waals surface area contributed by atoms with E-state index in [1.165, 1.54) is 0 Å². The minimum Gasteiger partial charge on any atom is -0.409 e. The molecule has 0 spiro atoms. The van der Waals surface area contributed by atoms with Crippen LogP contribution in [-0.4, -0.2) is 52.6 Å². The van der Waals surface area contributed by atoms with E-state index >= 15 is 0 Å². The van der Waals surface area contributed by atoms with Crippen LogP contribution < -0.4 is 5.73 Å². The van der Waals surface area contributed by atoms with Crippen molar-refractivity contribution in [3.8, 4) is 0 Å². The van der Waals surface area contributed by atoms with Gasteiger partial charge in [0.25, 0.3) is 5.91 Å². The summed E-state index contributed by atoms with van der Waals surface area (Å²) < 4.78 is 5.32. The van der Waals surface area contributed by atoms with Crippen LogP contribution in [0.3, 0.4) is 0 Å².